The van der Waals surface area contributed by atoms with E-state index >= 15 is 0 Å². The summed E-state index contributed by atoms with van der Waals surface area (Å²) in [4.78, 5) is 13.3. The van der Waals surface area contributed by atoms with Gasteiger partial charge in [0.1, 0.15) is 5.69 Å². The Morgan fingerprint density at radius 2 is 1.17 bits per heavy atom. The molecule has 0 fully saturated rings. The van der Waals surface area contributed by atoms with E-state index < -0.39 is 4.92 Å². The maximum absolute atomic E-state index is 11.9. The van der Waals surface area contributed by atoms with Crippen molar-refractivity contribution in [3.8, 4) is 22.3 Å². The number of nitro groups is 1. The largest absolute Gasteiger partial charge is 0.300 e. The maximum atomic E-state index is 11.9. The number of hydrogen-bond acceptors (Lipinski definition) is 3. The summed E-state index contributed by atoms with van der Waals surface area (Å²) in [7, 11) is 0. The topological polar surface area (TPSA) is 46.4 Å². The molecule has 0 aromatic heterocycles. The lowest BCUT2D eigenvalue weighted by Gasteiger charge is -2.28. The molecule has 0 amide bonds. The Balaban J connectivity index is 1.98. The van der Waals surface area contributed by atoms with Crippen molar-refractivity contribution in [2.24, 2.45) is 0 Å². The molecule has 0 atom stereocenters. The van der Waals surface area contributed by atoms with Crippen LogP contribution in [0.4, 0.5) is 22.7 Å². The third kappa shape index (κ3) is 2.76. The fraction of sp³-hybridized carbons (Fsp3) is 0. The van der Waals surface area contributed by atoms with Crippen LogP contribution in [0.5, 0.6) is 0 Å². The highest BCUT2D eigenvalue weighted by Crippen LogP contribution is 2.55. The zero-order valence-corrected chi connectivity index (χ0v) is 17.1. The number of benzene rings is 4. The first kappa shape index (κ1) is 18.7. The molecular formula is C24H14Cl2N2O2. The van der Waals surface area contributed by atoms with E-state index in [9.17, 15) is 10.1 Å². The summed E-state index contributed by atoms with van der Waals surface area (Å²) in [6.07, 6.45) is 0. The van der Waals surface area contributed by atoms with Gasteiger partial charge in [0, 0.05) is 17.2 Å². The van der Waals surface area contributed by atoms with Gasteiger partial charge in [-0.1, -0.05) is 83.9 Å². The number of nitro benzene ring substituents is 1. The third-order valence-corrected chi connectivity index (χ3v) is 5.86. The lowest BCUT2D eigenvalue weighted by Crippen LogP contribution is -2.14. The van der Waals surface area contributed by atoms with E-state index in [0.29, 0.717) is 16.4 Å². The van der Waals surface area contributed by atoms with Crippen LogP contribution in [0.1, 0.15) is 0 Å². The lowest BCUT2D eigenvalue weighted by molar-refractivity contribution is -0.384. The number of rotatable bonds is 2. The van der Waals surface area contributed by atoms with Gasteiger partial charge >= 0.3 is 0 Å². The van der Waals surface area contributed by atoms with Crippen LogP contribution in [-0.2, 0) is 0 Å². The number of nitrogens with zero attached hydrogens (tertiary/aromatic N) is 2. The number of hydrogen-bond donors (Lipinski definition) is 0. The molecule has 0 unspecified atom stereocenters. The zero-order chi connectivity index (χ0) is 20.8. The summed E-state index contributed by atoms with van der Waals surface area (Å²) in [5.41, 5.74) is 5.47. The van der Waals surface area contributed by atoms with Gasteiger partial charge in [0.05, 0.1) is 26.3 Å². The maximum Gasteiger partial charge on any atom is 0.294 e. The molecule has 6 heteroatoms. The van der Waals surface area contributed by atoms with E-state index in [1.54, 1.807) is 18.2 Å². The van der Waals surface area contributed by atoms with Crippen molar-refractivity contribution in [2.75, 3.05) is 4.90 Å². The molecule has 146 valence electrons. The molecule has 5 rings (SSSR count). The van der Waals surface area contributed by atoms with Crippen molar-refractivity contribution in [3.05, 3.63) is 105 Å². The van der Waals surface area contributed by atoms with Crippen molar-refractivity contribution >= 4 is 46.0 Å². The van der Waals surface area contributed by atoms with Crippen molar-refractivity contribution < 1.29 is 4.92 Å². The second kappa shape index (κ2) is 7.17. The van der Waals surface area contributed by atoms with E-state index in [0.717, 1.165) is 27.9 Å². The monoisotopic (exact) mass is 432 g/mol. The average molecular weight is 433 g/mol. The van der Waals surface area contributed by atoms with Crippen LogP contribution in [0.3, 0.4) is 0 Å². The molecule has 30 heavy (non-hydrogen) atoms. The highest BCUT2D eigenvalue weighted by molar-refractivity contribution is 6.36. The molecule has 1 aliphatic heterocycles. The molecule has 1 heterocycles. The van der Waals surface area contributed by atoms with E-state index in [2.05, 4.69) is 0 Å². The standard InChI is InChI=1S/C24H14Cl2N2O2/c25-19-11-5-10-18-16-8-2-1-7-15(16)17-9-3-4-13-21(17)27(23(18)19)24-20(26)12-6-14-22(24)28(29)30/h1-14H. The van der Waals surface area contributed by atoms with Gasteiger partial charge in [-0.3, -0.25) is 10.1 Å². The Bertz CT molecular complexity index is 1320. The van der Waals surface area contributed by atoms with Gasteiger partial charge < -0.3 is 4.90 Å². The first-order chi connectivity index (χ1) is 14.6. The fourth-order valence-corrected chi connectivity index (χ4v) is 4.55. The van der Waals surface area contributed by atoms with Crippen molar-refractivity contribution in [1.29, 1.82) is 0 Å². The summed E-state index contributed by atoms with van der Waals surface area (Å²) in [6, 6.07) is 26.1. The summed E-state index contributed by atoms with van der Waals surface area (Å²) in [5, 5.41) is 12.7. The highest BCUT2D eigenvalue weighted by atomic mass is 35.5. The molecule has 0 aliphatic carbocycles. The second-order valence-corrected chi connectivity index (χ2v) is 7.71. The Labute approximate surface area is 183 Å². The van der Waals surface area contributed by atoms with Gasteiger partial charge in [-0.05, 0) is 29.3 Å². The molecule has 4 nitrogen and oxygen atoms in total. The summed E-state index contributed by atoms with van der Waals surface area (Å²) in [5.74, 6) is 0. The zero-order valence-electron chi connectivity index (χ0n) is 15.5. The minimum absolute atomic E-state index is 0.0888. The van der Waals surface area contributed by atoms with Crippen LogP contribution < -0.4 is 4.90 Å². The number of anilines is 3. The normalized spacial score (nSPS) is 11.9. The average Bonchev–Trinajstić information content (AvgIpc) is 2.88. The number of halogens is 2. The smallest absolute Gasteiger partial charge is 0.294 e. The fourth-order valence-electron chi connectivity index (χ4n) is 4.03. The Morgan fingerprint density at radius 1 is 0.633 bits per heavy atom. The van der Waals surface area contributed by atoms with Crippen molar-refractivity contribution in [2.45, 2.75) is 0 Å². The number of fused-ring (bicyclic) bond motifs is 5. The second-order valence-electron chi connectivity index (χ2n) is 6.90. The summed E-state index contributed by atoms with van der Waals surface area (Å²) in [6.45, 7) is 0. The van der Waals surface area contributed by atoms with Gasteiger partial charge in [0.2, 0.25) is 0 Å². The van der Waals surface area contributed by atoms with E-state index in [1.165, 1.54) is 6.07 Å². The Morgan fingerprint density at radius 3 is 1.87 bits per heavy atom. The summed E-state index contributed by atoms with van der Waals surface area (Å²) >= 11 is 13.3. The van der Waals surface area contributed by atoms with Gasteiger partial charge in [-0.25, -0.2) is 0 Å². The molecule has 0 spiro atoms. The Hall–Kier alpha value is -3.34. The quantitative estimate of drug-likeness (QED) is 0.209. The molecule has 0 N–H and O–H groups in total. The van der Waals surface area contributed by atoms with Crippen LogP contribution in [0.2, 0.25) is 10.0 Å². The molecule has 0 saturated carbocycles. The molecule has 1 aliphatic rings. The van der Waals surface area contributed by atoms with Gasteiger partial charge in [0.15, 0.2) is 0 Å². The predicted molar refractivity (Wildman–Crippen MR) is 122 cm³/mol. The minimum Gasteiger partial charge on any atom is -0.300 e. The van der Waals surface area contributed by atoms with Crippen LogP contribution in [0, 0.1) is 10.1 Å². The first-order valence-corrected chi connectivity index (χ1v) is 10.0. The SMILES string of the molecule is O=[N+]([O-])c1cccc(Cl)c1N1c2ccccc2-c2ccccc2-c2cccc(Cl)c21. The van der Waals surface area contributed by atoms with Gasteiger partial charge in [-0.15, -0.1) is 0 Å². The molecular weight excluding hydrogens is 419 g/mol. The first-order valence-electron chi connectivity index (χ1n) is 9.28. The lowest BCUT2D eigenvalue weighted by atomic mass is 9.95. The van der Waals surface area contributed by atoms with Crippen LogP contribution in [-0.4, -0.2) is 4.92 Å². The van der Waals surface area contributed by atoms with Gasteiger partial charge in [0.25, 0.3) is 5.69 Å². The van der Waals surface area contributed by atoms with Crippen molar-refractivity contribution in [1.82, 2.24) is 0 Å². The molecule has 0 saturated heterocycles. The molecule has 0 bridgehead atoms. The van der Waals surface area contributed by atoms with Crippen LogP contribution in [0.25, 0.3) is 22.3 Å². The predicted octanol–water partition coefficient (Wildman–Crippen LogP) is 8.02. The van der Waals surface area contributed by atoms with Crippen LogP contribution >= 0.6 is 23.2 Å². The molecule has 0 radical (unpaired) electrons. The van der Waals surface area contributed by atoms with E-state index in [4.69, 9.17) is 23.2 Å². The highest BCUT2D eigenvalue weighted by Gasteiger charge is 2.32. The Kier molecular flexibility index (Phi) is 4.46. The third-order valence-electron chi connectivity index (χ3n) is 5.25. The molecule has 4 aromatic carbocycles. The van der Waals surface area contributed by atoms with Crippen LogP contribution in [0.15, 0.2) is 84.9 Å². The minimum atomic E-state index is -0.418. The number of para-hydroxylation sites is 3. The van der Waals surface area contributed by atoms with Gasteiger partial charge in [-0.2, -0.15) is 0 Å². The summed E-state index contributed by atoms with van der Waals surface area (Å²) < 4.78 is 0. The van der Waals surface area contributed by atoms with E-state index in [1.807, 2.05) is 65.6 Å². The molecule has 4 aromatic rings. The van der Waals surface area contributed by atoms with Crippen molar-refractivity contribution in [3.63, 3.8) is 0 Å². The van der Waals surface area contributed by atoms with E-state index in [-0.39, 0.29) is 10.7 Å².